The van der Waals surface area contributed by atoms with Crippen LogP contribution >= 0.6 is 15.9 Å². The highest BCUT2D eigenvalue weighted by molar-refractivity contribution is 9.10. The lowest BCUT2D eigenvalue weighted by atomic mass is 10.3. The van der Waals surface area contributed by atoms with Crippen molar-refractivity contribution >= 4 is 15.9 Å². The fourth-order valence-corrected chi connectivity index (χ4v) is 2.73. The first-order valence-corrected chi connectivity index (χ1v) is 7.56. The Kier molecular flexibility index (Phi) is 5.47. The van der Waals surface area contributed by atoms with Crippen LogP contribution in [0.2, 0.25) is 0 Å². The van der Waals surface area contributed by atoms with Crippen molar-refractivity contribution in [3.8, 4) is 5.75 Å². The van der Waals surface area contributed by atoms with E-state index in [-0.39, 0.29) is 0 Å². The molecule has 3 nitrogen and oxygen atoms in total. The number of nitrogens with one attached hydrogen (secondary N) is 2. The molecule has 0 bridgehead atoms. The Morgan fingerprint density at radius 2 is 2.00 bits per heavy atom. The van der Waals surface area contributed by atoms with Crippen molar-refractivity contribution in [1.82, 2.24) is 0 Å². The van der Waals surface area contributed by atoms with Crippen LogP contribution in [0.4, 0.5) is 0 Å². The summed E-state index contributed by atoms with van der Waals surface area (Å²) >= 11 is 3.45. The van der Waals surface area contributed by atoms with E-state index in [1.165, 1.54) is 32.7 Å². The van der Waals surface area contributed by atoms with E-state index < -0.39 is 0 Å². The summed E-state index contributed by atoms with van der Waals surface area (Å²) in [5, 5.41) is 0. The Hall–Kier alpha value is -0.580. The monoisotopic (exact) mass is 314 g/mol. The number of hydrogen-bond acceptors (Lipinski definition) is 1. The highest BCUT2D eigenvalue weighted by atomic mass is 79.9. The van der Waals surface area contributed by atoms with E-state index in [2.05, 4.69) is 23.0 Å². The minimum absolute atomic E-state index is 0.822. The molecule has 0 atom stereocenters. The Morgan fingerprint density at radius 1 is 1.22 bits per heavy atom. The fraction of sp³-hybridized carbons (Fsp3) is 0.571. The van der Waals surface area contributed by atoms with Gasteiger partial charge in [-0.3, -0.25) is 0 Å². The van der Waals surface area contributed by atoms with E-state index in [9.17, 15) is 0 Å². The van der Waals surface area contributed by atoms with E-state index in [0.717, 1.165) is 23.2 Å². The fourth-order valence-electron chi connectivity index (χ4n) is 2.35. The van der Waals surface area contributed by atoms with E-state index in [4.69, 9.17) is 4.74 Å². The second-order valence-electron chi connectivity index (χ2n) is 5.12. The van der Waals surface area contributed by atoms with Gasteiger partial charge in [-0.25, -0.2) is 0 Å². The van der Waals surface area contributed by atoms with Crippen LogP contribution in [0.25, 0.3) is 0 Å². The van der Waals surface area contributed by atoms with Crippen LogP contribution in [0, 0.1) is 0 Å². The first-order chi connectivity index (χ1) is 8.74. The zero-order chi connectivity index (χ0) is 12.8. The third kappa shape index (κ3) is 4.59. The Bertz CT molecular complexity index is 365. The van der Waals surface area contributed by atoms with Crippen LogP contribution in [0.5, 0.6) is 5.75 Å². The van der Waals surface area contributed by atoms with Crippen LogP contribution in [-0.2, 0) is 0 Å². The molecule has 0 radical (unpaired) electrons. The normalized spacial score (nSPS) is 23.9. The van der Waals surface area contributed by atoms with Gasteiger partial charge in [-0.1, -0.05) is 22.0 Å². The summed E-state index contributed by atoms with van der Waals surface area (Å²) in [6, 6.07) is 8.06. The van der Waals surface area contributed by atoms with Crippen LogP contribution in [0.3, 0.4) is 0 Å². The molecule has 1 aliphatic heterocycles. The smallest absolute Gasteiger partial charge is 0.127 e. The molecule has 0 aliphatic carbocycles. The number of rotatable bonds is 5. The first kappa shape index (κ1) is 13.8. The molecule has 0 amide bonds. The van der Waals surface area contributed by atoms with Gasteiger partial charge in [0, 0.05) is 10.9 Å². The maximum Gasteiger partial charge on any atom is 0.127 e. The summed E-state index contributed by atoms with van der Waals surface area (Å²) in [5.41, 5.74) is 0. The van der Waals surface area contributed by atoms with Crippen molar-refractivity contribution in [2.24, 2.45) is 0 Å². The largest absolute Gasteiger partial charge is 0.493 e. The van der Waals surface area contributed by atoms with Crippen molar-refractivity contribution in [2.75, 3.05) is 46.4 Å². The zero-order valence-corrected chi connectivity index (χ0v) is 12.6. The lowest BCUT2D eigenvalue weighted by Gasteiger charge is -2.27. The highest BCUT2D eigenvalue weighted by Crippen LogP contribution is 2.17. The summed E-state index contributed by atoms with van der Waals surface area (Å²) in [5.74, 6) is 0.960. The van der Waals surface area contributed by atoms with Crippen molar-refractivity contribution in [1.29, 1.82) is 0 Å². The topological polar surface area (TPSA) is 18.1 Å². The molecule has 1 aliphatic rings. The van der Waals surface area contributed by atoms with Crippen LogP contribution < -0.4 is 14.5 Å². The number of hydrogen-bond donors (Lipinski definition) is 2. The minimum atomic E-state index is 0.822. The molecule has 0 unspecified atom stereocenters. The van der Waals surface area contributed by atoms with Gasteiger partial charge in [0.05, 0.1) is 20.2 Å². The second-order valence-corrected chi connectivity index (χ2v) is 6.03. The standard InChI is InChI=1S/C14H21BrN2O/c1-16-7-9-17(10-8-16)6-3-11-18-14-5-2-4-13(15)12-14/h2,4-5,12H,3,6-11H2,1H3/p+2. The van der Waals surface area contributed by atoms with Crippen molar-refractivity contribution < 1.29 is 14.5 Å². The summed E-state index contributed by atoms with van der Waals surface area (Å²) in [6.45, 7) is 7.29. The quantitative estimate of drug-likeness (QED) is 0.710. The zero-order valence-electron chi connectivity index (χ0n) is 11.0. The third-order valence-corrected chi connectivity index (χ3v) is 4.04. The number of quaternary nitrogens is 2. The second kappa shape index (κ2) is 7.12. The molecule has 100 valence electrons. The molecule has 2 N–H and O–H groups in total. The van der Waals surface area contributed by atoms with Gasteiger partial charge in [-0.2, -0.15) is 0 Å². The van der Waals surface area contributed by atoms with E-state index in [0.29, 0.717) is 0 Å². The summed E-state index contributed by atoms with van der Waals surface area (Å²) < 4.78 is 6.83. The Balaban J connectivity index is 1.61. The molecule has 1 aromatic rings. The Morgan fingerprint density at radius 3 is 2.72 bits per heavy atom. The van der Waals surface area contributed by atoms with Crippen LogP contribution in [0.1, 0.15) is 6.42 Å². The molecule has 18 heavy (non-hydrogen) atoms. The lowest BCUT2D eigenvalue weighted by Crippen LogP contribution is -3.27. The van der Waals surface area contributed by atoms with Gasteiger partial charge in [-0.05, 0) is 18.2 Å². The molecule has 1 fully saturated rings. The summed E-state index contributed by atoms with van der Waals surface area (Å²) in [7, 11) is 2.28. The van der Waals surface area contributed by atoms with Gasteiger partial charge in [0.25, 0.3) is 0 Å². The third-order valence-electron chi connectivity index (χ3n) is 3.55. The van der Waals surface area contributed by atoms with Crippen molar-refractivity contribution in [3.63, 3.8) is 0 Å². The summed E-state index contributed by atoms with van der Waals surface area (Å²) in [6.07, 6.45) is 1.14. The molecular weight excluding hydrogens is 292 g/mol. The minimum Gasteiger partial charge on any atom is -0.493 e. The average Bonchev–Trinajstić information content (AvgIpc) is 2.37. The van der Waals surface area contributed by atoms with Gasteiger partial charge >= 0.3 is 0 Å². The molecule has 1 heterocycles. The molecule has 1 saturated heterocycles. The van der Waals surface area contributed by atoms with E-state index in [1.54, 1.807) is 9.80 Å². The maximum atomic E-state index is 5.75. The molecular formula is C14H23BrN2O+2. The first-order valence-electron chi connectivity index (χ1n) is 6.77. The number of benzene rings is 1. The number of ether oxygens (including phenoxy) is 1. The molecule has 4 heteroatoms. The maximum absolute atomic E-state index is 5.75. The number of halogens is 1. The predicted octanol–water partition coefficient (Wildman–Crippen LogP) is -0.369. The van der Waals surface area contributed by atoms with Crippen LogP contribution in [0.15, 0.2) is 28.7 Å². The Labute approximate surface area is 118 Å². The van der Waals surface area contributed by atoms with Gasteiger partial charge in [-0.15, -0.1) is 0 Å². The highest BCUT2D eigenvalue weighted by Gasteiger charge is 2.18. The van der Waals surface area contributed by atoms with Gasteiger partial charge in [0.15, 0.2) is 0 Å². The molecule has 0 aromatic heterocycles. The van der Waals surface area contributed by atoms with Gasteiger partial charge in [0.1, 0.15) is 31.9 Å². The molecule has 1 aromatic carbocycles. The van der Waals surface area contributed by atoms with Gasteiger partial charge < -0.3 is 14.5 Å². The molecule has 2 rings (SSSR count). The lowest BCUT2D eigenvalue weighted by molar-refractivity contribution is -1.00. The van der Waals surface area contributed by atoms with Crippen LogP contribution in [-0.4, -0.2) is 46.4 Å². The van der Waals surface area contributed by atoms with E-state index in [1.807, 2.05) is 24.3 Å². The molecule has 0 spiro atoms. The number of piperazine rings is 1. The van der Waals surface area contributed by atoms with E-state index >= 15 is 0 Å². The van der Waals surface area contributed by atoms with Crippen molar-refractivity contribution in [2.45, 2.75) is 6.42 Å². The average molecular weight is 315 g/mol. The number of likely N-dealkylation sites (N-methyl/N-ethyl adjacent to an activating group) is 1. The molecule has 0 saturated carbocycles. The van der Waals surface area contributed by atoms with Crippen molar-refractivity contribution in [3.05, 3.63) is 28.7 Å². The predicted molar refractivity (Wildman–Crippen MR) is 76.4 cm³/mol. The SMILES string of the molecule is C[NH+]1CC[NH+](CCCOc2cccc(Br)c2)CC1. The van der Waals surface area contributed by atoms with Gasteiger partial charge in [0.2, 0.25) is 0 Å². The summed E-state index contributed by atoms with van der Waals surface area (Å²) in [4.78, 5) is 3.41.